The van der Waals surface area contributed by atoms with Crippen molar-refractivity contribution in [3.05, 3.63) is 54.1 Å². The fraction of sp³-hybridized carbons (Fsp3) is 0.381. The number of methoxy groups -OCH3 is 1. The third kappa shape index (κ3) is 7.30. The summed E-state index contributed by atoms with van der Waals surface area (Å²) in [6, 6.07) is 14.3. The number of hydrogen-bond donors (Lipinski definition) is 1. The summed E-state index contributed by atoms with van der Waals surface area (Å²) in [6.07, 6.45) is 1.79. The minimum atomic E-state index is -3.45. The highest BCUT2D eigenvalue weighted by molar-refractivity contribution is 7.92. The Bertz CT molecular complexity index is 898. The minimum Gasteiger partial charge on any atom is -0.497 e. The van der Waals surface area contributed by atoms with Gasteiger partial charge in [0, 0.05) is 19.5 Å². The maximum atomic E-state index is 12.2. The van der Waals surface area contributed by atoms with Gasteiger partial charge in [0.1, 0.15) is 11.5 Å². The summed E-state index contributed by atoms with van der Waals surface area (Å²) in [5.74, 6) is 1.28. The average molecular weight is 421 g/mol. The summed E-state index contributed by atoms with van der Waals surface area (Å²) in [6.45, 7) is 3.12. The van der Waals surface area contributed by atoms with Crippen LogP contribution < -0.4 is 19.1 Å². The quantitative estimate of drug-likeness (QED) is 0.604. The van der Waals surface area contributed by atoms with E-state index in [9.17, 15) is 13.2 Å². The Labute approximate surface area is 172 Å². The van der Waals surface area contributed by atoms with Crippen molar-refractivity contribution in [1.82, 2.24) is 5.32 Å². The minimum absolute atomic E-state index is 0.130. The van der Waals surface area contributed by atoms with Crippen molar-refractivity contribution >= 4 is 21.6 Å². The Morgan fingerprint density at radius 1 is 1.10 bits per heavy atom. The normalized spacial score (nSPS) is 11.0. The van der Waals surface area contributed by atoms with Gasteiger partial charge >= 0.3 is 0 Å². The van der Waals surface area contributed by atoms with Gasteiger partial charge in [0.2, 0.25) is 15.9 Å². The number of ether oxygens (including phenoxy) is 2. The van der Waals surface area contributed by atoms with E-state index in [0.717, 1.165) is 17.6 Å². The fourth-order valence-electron chi connectivity index (χ4n) is 2.82. The number of rotatable bonds is 11. The zero-order valence-corrected chi connectivity index (χ0v) is 17.9. The van der Waals surface area contributed by atoms with Crippen molar-refractivity contribution in [3.63, 3.8) is 0 Å². The van der Waals surface area contributed by atoms with Crippen LogP contribution >= 0.6 is 0 Å². The molecule has 2 aromatic rings. The molecular formula is C21H28N2O5S. The molecule has 0 aliphatic heterocycles. The predicted octanol–water partition coefficient (Wildman–Crippen LogP) is 2.96. The monoisotopic (exact) mass is 420 g/mol. The van der Waals surface area contributed by atoms with Crippen LogP contribution in [0.1, 0.15) is 25.3 Å². The van der Waals surface area contributed by atoms with Gasteiger partial charge < -0.3 is 14.8 Å². The van der Waals surface area contributed by atoms with Crippen molar-refractivity contribution in [2.24, 2.45) is 0 Å². The molecule has 0 fully saturated rings. The van der Waals surface area contributed by atoms with Crippen LogP contribution in [0.3, 0.4) is 0 Å². The van der Waals surface area contributed by atoms with Crippen molar-refractivity contribution in [1.29, 1.82) is 0 Å². The maximum absolute atomic E-state index is 12.2. The Morgan fingerprint density at radius 2 is 1.83 bits per heavy atom. The number of anilines is 1. The highest BCUT2D eigenvalue weighted by Crippen LogP contribution is 2.22. The zero-order chi connectivity index (χ0) is 21.3. The summed E-state index contributed by atoms with van der Waals surface area (Å²) in [7, 11) is -1.90. The average Bonchev–Trinajstić information content (AvgIpc) is 2.69. The number of amides is 1. The first-order chi connectivity index (χ1) is 13.8. The van der Waals surface area contributed by atoms with E-state index < -0.39 is 10.0 Å². The number of nitrogens with zero attached hydrogens (tertiary/aromatic N) is 1. The second-order valence-electron chi connectivity index (χ2n) is 6.49. The number of nitrogens with one attached hydrogen (secondary N) is 1. The Morgan fingerprint density at radius 3 is 2.45 bits per heavy atom. The van der Waals surface area contributed by atoms with Gasteiger partial charge in [0.25, 0.3) is 0 Å². The number of benzene rings is 2. The SMILES string of the molecule is CCOc1cccc(CNC(=O)CCCN(c2ccc(OC)cc2)S(C)(=O)=O)c1. The molecule has 1 N–H and O–H groups in total. The first kappa shape index (κ1) is 22.5. The lowest BCUT2D eigenvalue weighted by Gasteiger charge is -2.22. The molecule has 8 heteroatoms. The van der Waals surface area contributed by atoms with Gasteiger partial charge in [0.15, 0.2) is 0 Å². The number of hydrogen-bond acceptors (Lipinski definition) is 5. The lowest BCUT2D eigenvalue weighted by Crippen LogP contribution is -2.32. The molecule has 1 amide bonds. The summed E-state index contributed by atoms with van der Waals surface area (Å²) in [5.41, 5.74) is 1.49. The third-order valence-electron chi connectivity index (χ3n) is 4.22. The van der Waals surface area contributed by atoms with E-state index in [1.165, 1.54) is 4.31 Å². The van der Waals surface area contributed by atoms with E-state index in [1.54, 1.807) is 31.4 Å². The molecule has 2 aromatic carbocycles. The summed E-state index contributed by atoms with van der Waals surface area (Å²) in [5, 5.41) is 2.86. The smallest absolute Gasteiger partial charge is 0.232 e. The Hall–Kier alpha value is -2.74. The van der Waals surface area contributed by atoms with Crippen LogP contribution in [0, 0.1) is 0 Å². The van der Waals surface area contributed by atoms with E-state index in [-0.39, 0.29) is 18.9 Å². The molecule has 29 heavy (non-hydrogen) atoms. The molecule has 2 rings (SSSR count). The van der Waals surface area contributed by atoms with E-state index in [1.807, 2.05) is 31.2 Å². The van der Waals surface area contributed by atoms with E-state index >= 15 is 0 Å². The molecule has 0 saturated carbocycles. The fourth-order valence-corrected chi connectivity index (χ4v) is 3.78. The molecule has 0 unspecified atom stereocenters. The van der Waals surface area contributed by atoms with Gasteiger partial charge in [-0.25, -0.2) is 8.42 Å². The van der Waals surface area contributed by atoms with Crippen LogP contribution in [0.15, 0.2) is 48.5 Å². The lowest BCUT2D eigenvalue weighted by atomic mass is 10.2. The van der Waals surface area contributed by atoms with Gasteiger partial charge in [-0.05, 0) is 55.3 Å². The van der Waals surface area contributed by atoms with Gasteiger partial charge in [-0.2, -0.15) is 0 Å². The van der Waals surface area contributed by atoms with E-state index in [0.29, 0.717) is 31.0 Å². The number of carbonyl (C=O) groups excluding carboxylic acids is 1. The Kier molecular flexibility index (Phi) is 8.33. The molecule has 0 aromatic heterocycles. The molecule has 0 saturated heterocycles. The van der Waals surface area contributed by atoms with Crippen LogP contribution in [-0.2, 0) is 21.4 Å². The van der Waals surface area contributed by atoms with Crippen molar-refractivity contribution < 1.29 is 22.7 Å². The third-order valence-corrected chi connectivity index (χ3v) is 5.42. The number of sulfonamides is 1. The van der Waals surface area contributed by atoms with Crippen LogP contribution in [0.2, 0.25) is 0 Å². The van der Waals surface area contributed by atoms with Gasteiger partial charge in [0.05, 0.1) is 25.7 Å². The van der Waals surface area contributed by atoms with Crippen molar-refractivity contribution in [2.75, 3.05) is 30.8 Å². The molecule has 7 nitrogen and oxygen atoms in total. The second kappa shape index (κ2) is 10.7. The first-order valence-electron chi connectivity index (χ1n) is 9.43. The molecule has 0 aliphatic carbocycles. The van der Waals surface area contributed by atoms with Gasteiger partial charge in [-0.1, -0.05) is 12.1 Å². The van der Waals surface area contributed by atoms with Crippen LogP contribution in [0.25, 0.3) is 0 Å². The number of carbonyl (C=O) groups is 1. The topological polar surface area (TPSA) is 84.9 Å². The molecule has 0 heterocycles. The largest absolute Gasteiger partial charge is 0.497 e. The van der Waals surface area contributed by atoms with Crippen LogP contribution in [0.5, 0.6) is 11.5 Å². The van der Waals surface area contributed by atoms with Crippen molar-refractivity contribution in [3.8, 4) is 11.5 Å². The second-order valence-corrected chi connectivity index (χ2v) is 8.40. The highest BCUT2D eigenvalue weighted by Gasteiger charge is 2.17. The molecule has 0 aliphatic rings. The predicted molar refractivity (Wildman–Crippen MR) is 114 cm³/mol. The summed E-state index contributed by atoms with van der Waals surface area (Å²) < 4.78 is 36.1. The summed E-state index contributed by atoms with van der Waals surface area (Å²) in [4.78, 5) is 12.2. The first-order valence-corrected chi connectivity index (χ1v) is 11.3. The molecule has 0 atom stereocenters. The molecule has 0 bridgehead atoms. The van der Waals surface area contributed by atoms with Gasteiger partial charge in [-0.15, -0.1) is 0 Å². The van der Waals surface area contributed by atoms with Crippen LogP contribution in [-0.4, -0.2) is 40.8 Å². The molecule has 0 spiro atoms. The Balaban J connectivity index is 1.87. The zero-order valence-electron chi connectivity index (χ0n) is 17.1. The lowest BCUT2D eigenvalue weighted by molar-refractivity contribution is -0.121. The maximum Gasteiger partial charge on any atom is 0.232 e. The summed E-state index contributed by atoms with van der Waals surface area (Å²) >= 11 is 0. The van der Waals surface area contributed by atoms with Gasteiger partial charge in [-0.3, -0.25) is 9.10 Å². The van der Waals surface area contributed by atoms with Crippen LogP contribution in [0.4, 0.5) is 5.69 Å². The molecule has 0 radical (unpaired) electrons. The van der Waals surface area contributed by atoms with E-state index in [4.69, 9.17) is 9.47 Å². The molecule has 158 valence electrons. The standard InChI is InChI=1S/C21H28N2O5S/c1-4-28-20-8-5-7-17(15-20)16-22-21(24)9-6-14-23(29(3,25)26)18-10-12-19(27-2)13-11-18/h5,7-8,10-13,15H,4,6,9,14,16H2,1-3H3,(H,22,24). The highest BCUT2D eigenvalue weighted by atomic mass is 32.2. The van der Waals surface area contributed by atoms with E-state index in [2.05, 4.69) is 5.32 Å². The molecular weight excluding hydrogens is 392 g/mol. The van der Waals surface area contributed by atoms with Crippen molar-refractivity contribution in [2.45, 2.75) is 26.3 Å².